The van der Waals surface area contributed by atoms with Gasteiger partial charge >= 0.3 is 6.09 Å². The molecule has 0 radical (unpaired) electrons. The van der Waals surface area contributed by atoms with Gasteiger partial charge in [-0.05, 0) is 67.5 Å². The fourth-order valence-corrected chi connectivity index (χ4v) is 6.88. The summed E-state index contributed by atoms with van der Waals surface area (Å²) in [5, 5.41) is 14.6. The van der Waals surface area contributed by atoms with E-state index in [4.69, 9.17) is 24.7 Å². The average molecular weight is 606 g/mol. The fraction of sp³-hybridized carbons (Fsp3) is 0.567. The second-order valence-electron chi connectivity index (χ2n) is 11.8. The predicted octanol–water partition coefficient (Wildman–Crippen LogP) is 2.92. The second kappa shape index (κ2) is 13.7. The van der Waals surface area contributed by atoms with Crippen LogP contribution < -0.4 is 20.5 Å². The number of amides is 1. The molecule has 0 spiro atoms. The van der Waals surface area contributed by atoms with Crippen LogP contribution in [0, 0.1) is 11.3 Å². The highest BCUT2D eigenvalue weighted by Crippen LogP contribution is 2.34. The molecular formula is C30H43N3O8S. The van der Waals surface area contributed by atoms with Crippen LogP contribution in [0.2, 0.25) is 0 Å². The number of aliphatic hydroxyl groups excluding tert-OH is 1. The fourth-order valence-electron chi connectivity index (χ4n) is 5.53. The van der Waals surface area contributed by atoms with Crippen molar-refractivity contribution in [1.29, 1.82) is 0 Å². The topological polar surface area (TPSA) is 158 Å². The molecule has 2 saturated heterocycles. The van der Waals surface area contributed by atoms with Gasteiger partial charge in [0, 0.05) is 6.42 Å². The lowest BCUT2D eigenvalue weighted by molar-refractivity contribution is -0.0907. The maximum Gasteiger partial charge on any atom is 0.409 e. The van der Waals surface area contributed by atoms with Gasteiger partial charge in [-0.1, -0.05) is 44.2 Å². The third-order valence-electron chi connectivity index (χ3n) is 8.07. The lowest BCUT2D eigenvalue weighted by Crippen LogP contribution is -2.68. The maximum atomic E-state index is 13.8. The minimum absolute atomic E-state index is 0.0485. The first kappa shape index (κ1) is 32.2. The Morgan fingerprint density at radius 3 is 2.50 bits per heavy atom. The smallest absolute Gasteiger partial charge is 0.409 e. The molecule has 232 valence electrons. The number of nitrogens with one attached hydrogen (secondary N) is 2. The summed E-state index contributed by atoms with van der Waals surface area (Å²) < 4.78 is 52.4. The summed E-state index contributed by atoms with van der Waals surface area (Å²) in [5.74, 6) is 0.374. The first-order chi connectivity index (χ1) is 20.0. The minimum atomic E-state index is -4.26. The van der Waals surface area contributed by atoms with E-state index in [0.717, 1.165) is 0 Å². The quantitative estimate of drug-likeness (QED) is 0.238. The Labute approximate surface area is 248 Å². The molecule has 2 aromatic rings. The van der Waals surface area contributed by atoms with Gasteiger partial charge in [0.2, 0.25) is 10.0 Å². The Morgan fingerprint density at radius 2 is 1.83 bits per heavy atom. The molecule has 2 heterocycles. The number of carbonyl (C=O) groups excluding carboxylic acids is 1. The van der Waals surface area contributed by atoms with Gasteiger partial charge in [-0.2, -0.15) is 4.72 Å². The molecule has 2 aromatic carbocycles. The van der Waals surface area contributed by atoms with Crippen LogP contribution in [0.1, 0.15) is 45.1 Å². The average Bonchev–Trinajstić information content (AvgIpc) is 3.57. The van der Waals surface area contributed by atoms with Crippen molar-refractivity contribution in [2.24, 2.45) is 17.1 Å². The minimum Gasteiger partial charge on any atom is -0.497 e. The van der Waals surface area contributed by atoms with Crippen molar-refractivity contribution in [2.45, 2.75) is 75.0 Å². The van der Waals surface area contributed by atoms with Gasteiger partial charge in [0.05, 0.1) is 37.2 Å². The molecule has 4 rings (SSSR count). The SMILES string of the molecule is COc1ccc(S(=O)(=O)N[C@](Cc2ccccc2)(NC(=O)O[C@@H]2CO[C@@H]3OCC[C@@H]32)[C@H](O)CCC(C)(C)CCN)cc1. The Balaban J connectivity index is 1.68. The van der Waals surface area contributed by atoms with Crippen molar-refractivity contribution < 1.29 is 37.3 Å². The first-order valence-corrected chi connectivity index (χ1v) is 15.8. The Hall–Kier alpha value is -2.74. The normalized spacial score (nSPS) is 22.6. The van der Waals surface area contributed by atoms with E-state index in [9.17, 15) is 18.3 Å². The molecule has 0 aromatic heterocycles. The summed E-state index contributed by atoms with van der Waals surface area (Å²) in [5.41, 5.74) is 4.42. The molecule has 0 unspecified atom stereocenters. The first-order valence-electron chi connectivity index (χ1n) is 14.3. The third-order valence-corrected chi connectivity index (χ3v) is 9.59. The number of benzene rings is 2. The van der Waals surface area contributed by atoms with Crippen molar-refractivity contribution >= 4 is 16.1 Å². The maximum absolute atomic E-state index is 13.8. The largest absolute Gasteiger partial charge is 0.497 e. The Morgan fingerprint density at radius 1 is 1.12 bits per heavy atom. The number of rotatable bonds is 14. The van der Waals surface area contributed by atoms with Gasteiger partial charge in [-0.15, -0.1) is 0 Å². The molecule has 2 aliphatic rings. The number of aliphatic hydroxyl groups is 1. The monoisotopic (exact) mass is 605 g/mol. The van der Waals surface area contributed by atoms with Crippen LogP contribution in [0.3, 0.4) is 0 Å². The van der Waals surface area contributed by atoms with E-state index < -0.39 is 40.3 Å². The van der Waals surface area contributed by atoms with Crippen LogP contribution in [-0.2, 0) is 30.7 Å². The van der Waals surface area contributed by atoms with Crippen molar-refractivity contribution in [3.8, 4) is 5.75 Å². The zero-order valence-corrected chi connectivity index (χ0v) is 25.3. The van der Waals surface area contributed by atoms with E-state index >= 15 is 0 Å². The van der Waals surface area contributed by atoms with E-state index in [1.54, 1.807) is 12.1 Å². The molecule has 1 amide bonds. The number of ether oxygens (including phenoxy) is 4. The zero-order chi connectivity index (χ0) is 30.4. The standard InChI is InChI=1S/C30H43N3O8S/c1-29(2,16-17-31)15-13-26(34)30(19-21-7-5-4-6-8-21,33-42(36,37)23-11-9-22(38-3)10-12-23)32-28(35)41-25-20-40-27-24(25)14-18-39-27/h4-12,24-27,33-34H,13-20,31H2,1-3H3,(H,32,35)/t24-,25-,26-,27+,30+/m1/s1. The summed E-state index contributed by atoms with van der Waals surface area (Å²) in [7, 11) is -2.77. The van der Waals surface area contributed by atoms with E-state index in [1.807, 2.05) is 32.0 Å². The van der Waals surface area contributed by atoms with Crippen molar-refractivity contribution in [1.82, 2.24) is 10.0 Å². The number of hydrogen-bond acceptors (Lipinski definition) is 9. The van der Waals surface area contributed by atoms with Crippen LogP contribution >= 0.6 is 0 Å². The van der Waals surface area contributed by atoms with Crippen LogP contribution in [-0.4, -0.2) is 70.6 Å². The number of alkyl carbamates (subject to hydrolysis) is 1. The molecule has 12 heteroatoms. The van der Waals surface area contributed by atoms with Crippen molar-refractivity contribution in [3.63, 3.8) is 0 Å². The summed E-state index contributed by atoms with van der Waals surface area (Å²) in [6.07, 6.45) is -1.15. The number of hydrogen-bond donors (Lipinski definition) is 4. The molecule has 2 fully saturated rings. The van der Waals surface area contributed by atoms with Gasteiger partial charge in [-0.3, -0.25) is 5.32 Å². The highest BCUT2D eigenvalue weighted by molar-refractivity contribution is 7.89. The molecule has 11 nitrogen and oxygen atoms in total. The van der Waals surface area contributed by atoms with Crippen LogP contribution in [0.25, 0.3) is 0 Å². The molecule has 0 aliphatic carbocycles. The summed E-state index contributed by atoms with van der Waals surface area (Å²) >= 11 is 0. The lowest BCUT2D eigenvalue weighted by atomic mass is 9.81. The van der Waals surface area contributed by atoms with Gasteiger partial charge in [0.25, 0.3) is 0 Å². The number of carbonyl (C=O) groups is 1. The summed E-state index contributed by atoms with van der Waals surface area (Å²) in [4.78, 5) is 13.4. The predicted molar refractivity (Wildman–Crippen MR) is 156 cm³/mol. The number of nitrogens with two attached hydrogens (primary N) is 1. The highest BCUT2D eigenvalue weighted by Gasteiger charge is 2.47. The summed E-state index contributed by atoms with van der Waals surface area (Å²) in [6.45, 7) is 5.22. The van der Waals surface area contributed by atoms with Gasteiger partial charge in [-0.25, -0.2) is 13.2 Å². The molecule has 2 aliphatic heterocycles. The van der Waals surface area contributed by atoms with E-state index in [1.165, 1.54) is 31.4 Å². The van der Waals surface area contributed by atoms with Crippen molar-refractivity contribution in [3.05, 3.63) is 60.2 Å². The van der Waals surface area contributed by atoms with E-state index in [0.29, 0.717) is 43.7 Å². The molecule has 5 N–H and O–H groups in total. The van der Waals surface area contributed by atoms with E-state index in [-0.39, 0.29) is 35.7 Å². The summed E-state index contributed by atoms with van der Waals surface area (Å²) in [6, 6.07) is 14.9. The van der Waals surface area contributed by atoms with Crippen LogP contribution in [0.4, 0.5) is 4.79 Å². The lowest BCUT2D eigenvalue weighted by Gasteiger charge is -2.40. The number of sulfonamides is 1. The van der Waals surface area contributed by atoms with Gasteiger partial charge in [0.1, 0.15) is 17.5 Å². The van der Waals surface area contributed by atoms with Crippen molar-refractivity contribution in [2.75, 3.05) is 26.9 Å². The Bertz CT molecular complexity index is 1280. The molecular weight excluding hydrogens is 562 g/mol. The number of fused-ring (bicyclic) bond motifs is 1. The van der Waals surface area contributed by atoms with Gasteiger partial charge in [0.15, 0.2) is 6.29 Å². The highest BCUT2D eigenvalue weighted by atomic mass is 32.2. The zero-order valence-electron chi connectivity index (χ0n) is 24.5. The second-order valence-corrected chi connectivity index (χ2v) is 13.4. The third kappa shape index (κ3) is 8.00. The molecule has 0 saturated carbocycles. The molecule has 5 atom stereocenters. The van der Waals surface area contributed by atoms with Gasteiger partial charge < -0.3 is 29.8 Å². The number of methoxy groups -OCH3 is 1. The molecule has 42 heavy (non-hydrogen) atoms. The Kier molecular flexibility index (Phi) is 10.5. The van der Waals surface area contributed by atoms with Crippen LogP contribution in [0.15, 0.2) is 59.5 Å². The van der Waals surface area contributed by atoms with E-state index in [2.05, 4.69) is 10.0 Å². The molecule has 0 bridgehead atoms. The van der Waals surface area contributed by atoms with Crippen LogP contribution in [0.5, 0.6) is 5.75 Å².